The van der Waals surface area contributed by atoms with Crippen LogP contribution in [0.5, 0.6) is 0 Å². The van der Waals surface area contributed by atoms with E-state index in [1.165, 1.54) is 7.11 Å². The summed E-state index contributed by atoms with van der Waals surface area (Å²) in [5.41, 5.74) is 4.97. The molecule has 0 saturated heterocycles. The second kappa shape index (κ2) is 7.83. The first-order valence-electron chi connectivity index (χ1n) is 9.53. The number of para-hydroxylation sites is 1. The Morgan fingerprint density at radius 2 is 1.67 bits per heavy atom. The molecule has 1 aromatic heterocycles. The number of benzene rings is 3. The highest BCUT2D eigenvalue weighted by Crippen LogP contribution is 2.24. The van der Waals surface area contributed by atoms with Gasteiger partial charge >= 0.3 is 5.97 Å². The van der Waals surface area contributed by atoms with Crippen molar-refractivity contribution in [3.63, 3.8) is 0 Å². The van der Waals surface area contributed by atoms with Gasteiger partial charge in [-0.25, -0.2) is 9.78 Å². The first kappa shape index (κ1) is 19.4. The van der Waals surface area contributed by atoms with Gasteiger partial charge in [0.2, 0.25) is 0 Å². The second-order valence-corrected chi connectivity index (χ2v) is 7.01. The van der Waals surface area contributed by atoms with Crippen LogP contribution in [0.25, 0.3) is 16.7 Å². The first-order valence-corrected chi connectivity index (χ1v) is 9.53. The molecule has 1 heterocycles. The van der Waals surface area contributed by atoms with E-state index in [1.54, 1.807) is 30.3 Å². The Kier molecular flexibility index (Phi) is 5.06. The quantitative estimate of drug-likeness (QED) is 0.506. The summed E-state index contributed by atoms with van der Waals surface area (Å²) in [5.74, 6) is 0.123. The number of rotatable bonds is 4. The third-order valence-electron chi connectivity index (χ3n) is 5.01. The molecule has 0 saturated carbocycles. The SMILES string of the molecule is COC(=O)c1ccc(C)c(NC(=O)c2ccc3c(c2)nc(C)n3-c2ccccc2)c1. The van der Waals surface area contributed by atoms with E-state index in [-0.39, 0.29) is 5.91 Å². The highest BCUT2D eigenvalue weighted by Gasteiger charge is 2.15. The van der Waals surface area contributed by atoms with Gasteiger partial charge in [0.1, 0.15) is 5.82 Å². The molecule has 150 valence electrons. The van der Waals surface area contributed by atoms with Crippen molar-refractivity contribution in [1.29, 1.82) is 0 Å². The minimum Gasteiger partial charge on any atom is -0.465 e. The third kappa shape index (κ3) is 3.55. The number of carbonyl (C=O) groups is 2. The number of hydrogen-bond donors (Lipinski definition) is 1. The van der Waals surface area contributed by atoms with Crippen molar-refractivity contribution in [3.05, 3.63) is 89.2 Å². The summed E-state index contributed by atoms with van der Waals surface area (Å²) in [7, 11) is 1.33. The lowest BCUT2D eigenvalue weighted by Gasteiger charge is -2.10. The maximum absolute atomic E-state index is 12.9. The standard InChI is InChI=1S/C24H21N3O3/c1-15-9-10-18(24(29)30-3)14-20(15)26-23(28)17-11-12-22-21(13-17)25-16(2)27(22)19-7-5-4-6-8-19/h4-14H,1-3H3,(H,26,28). The van der Waals surface area contributed by atoms with Crippen LogP contribution >= 0.6 is 0 Å². The number of fused-ring (bicyclic) bond motifs is 1. The molecule has 0 aliphatic carbocycles. The molecule has 0 spiro atoms. The van der Waals surface area contributed by atoms with E-state index in [1.807, 2.05) is 50.2 Å². The molecule has 1 N–H and O–H groups in total. The van der Waals surface area contributed by atoms with E-state index >= 15 is 0 Å². The number of ether oxygens (including phenoxy) is 1. The van der Waals surface area contributed by atoms with Gasteiger partial charge in [0, 0.05) is 16.9 Å². The van der Waals surface area contributed by atoms with Gasteiger partial charge < -0.3 is 10.1 Å². The number of anilines is 1. The van der Waals surface area contributed by atoms with E-state index in [4.69, 9.17) is 4.74 Å². The normalized spacial score (nSPS) is 10.8. The fourth-order valence-corrected chi connectivity index (χ4v) is 3.44. The van der Waals surface area contributed by atoms with E-state index in [0.717, 1.165) is 28.1 Å². The molecule has 30 heavy (non-hydrogen) atoms. The summed E-state index contributed by atoms with van der Waals surface area (Å²) in [6.45, 7) is 3.80. The maximum atomic E-state index is 12.9. The second-order valence-electron chi connectivity index (χ2n) is 7.01. The molecule has 4 rings (SSSR count). The molecule has 0 unspecified atom stereocenters. The number of carbonyl (C=O) groups excluding carboxylic acids is 2. The average molecular weight is 399 g/mol. The molecule has 4 aromatic rings. The van der Waals surface area contributed by atoms with Gasteiger partial charge in [-0.3, -0.25) is 9.36 Å². The fraction of sp³-hybridized carbons (Fsp3) is 0.125. The van der Waals surface area contributed by atoms with Gasteiger partial charge in [-0.2, -0.15) is 0 Å². The minimum absolute atomic E-state index is 0.270. The molecule has 0 bridgehead atoms. The number of nitrogens with one attached hydrogen (secondary N) is 1. The molecule has 0 aliphatic heterocycles. The van der Waals surface area contributed by atoms with Crippen LogP contribution in [0.3, 0.4) is 0 Å². The molecule has 0 fully saturated rings. The summed E-state index contributed by atoms with van der Waals surface area (Å²) < 4.78 is 6.81. The van der Waals surface area contributed by atoms with Crippen molar-refractivity contribution in [2.24, 2.45) is 0 Å². The van der Waals surface area contributed by atoms with Crippen molar-refractivity contribution in [1.82, 2.24) is 9.55 Å². The van der Waals surface area contributed by atoms with Crippen LogP contribution in [0.4, 0.5) is 5.69 Å². The van der Waals surface area contributed by atoms with Crippen molar-refractivity contribution in [2.75, 3.05) is 12.4 Å². The fourth-order valence-electron chi connectivity index (χ4n) is 3.44. The van der Waals surface area contributed by atoms with Gasteiger partial charge in [-0.05, 0) is 61.9 Å². The number of aryl methyl sites for hydroxylation is 2. The zero-order valence-electron chi connectivity index (χ0n) is 17.0. The summed E-state index contributed by atoms with van der Waals surface area (Å²) in [6.07, 6.45) is 0. The predicted octanol–water partition coefficient (Wildman–Crippen LogP) is 4.68. The molecule has 6 nitrogen and oxygen atoms in total. The number of amides is 1. The number of aromatic nitrogens is 2. The van der Waals surface area contributed by atoms with Crippen molar-refractivity contribution in [2.45, 2.75) is 13.8 Å². The Hall–Kier alpha value is -3.93. The topological polar surface area (TPSA) is 73.2 Å². The maximum Gasteiger partial charge on any atom is 0.337 e. The molecule has 3 aromatic carbocycles. The van der Waals surface area contributed by atoms with Crippen LogP contribution in [0.2, 0.25) is 0 Å². The zero-order chi connectivity index (χ0) is 21.3. The number of nitrogens with zero attached hydrogens (tertiary/aromatic N) is 2. The summed E-state index contributed by atoms with van der Waals surface area (Å²) in [6, 6.07) is 20.5. The smallest absolute Gasteiger partial charge is 0.337 e. The molecule has 0 atom stereocenters. The highest BCUT2D eigenvalue weighted by molar-refractivity contribution is 6.07. The lowest BCUT2D eigenvalue weighted by atomic mass is 10.1. The summed E-state index contributed by atoms with van der Waals surface area (Å²) in [4.78, 5) is 29.3. The number of hydrogen-bond acceptors (Lipinski definition) is 4. The van der Waals surface area contributed by atoms with Gasteiger partial charge in [0.15, 0.2) is 0 Å². The molecule has 0 radical (unpaired) electrons. The van der Waals surface area contributed by atoms with Crippen LogP contribution in [-0.2, 0) is 4.74 Å². The van der Waals surface area contributed by atoms with E-state index < -0.39 is 5.97 Å². The van der Waals surface area contributed by atoms with Crippen LogP contribution < -0.4 is 5.32 Å². The molecular weight excluding hydrogens is 378 g/mol. The molecule has 0 aliphatic rings. The largest absolute Gasteiger partial charge is 0.465 e. The van der Waals surface area contributed by atoms with Crippen LogP contribution in [0.15, 0.2) is 66.7 Å². The highest BCUT2D eigenvalue weighted by atomic mass is 16.5. The Labute approximate surface area is 174 Å². The van der Waals surface area contributed by atoms with Gasteiger partial charge in [0.25, 0.3) is 5.91 Å². The summed E-state index contributed by atoms with van der Waals surface area (Å²) >= 11 is 0. The van der Waals surface area contributed by atoms with Crippen molar-refractivity contribution < 1.29 is 14.3 Å². The lowest BCUT2D eigenvalue weighted by molar-refractivity contribution is 0.0600. The van der Waals surface area contributed by atoms with Gasteiger partial charge in [0.05, 0.1) is 23.7 Å². The predicted molar refractivity (Wildman–Crippen MR) is 116 cm³/mol. The third-order valence-corrected chi connectivity index (χ3v) is 5.01. The Morgan fingerprint density at radius 3 is 2.40 bits per heavy atom. The molecule has 1 amide bonds. The Balaban J connectivity index is 1.66. The number of imidazole rings is 1. The monoisotopic (exact) mass is 399 g/mol. The Morgan fingerprint density at radius 1 is 0.933 bits per heavy atom. The van der Waals surface area contributed by atoms with Gasteiger partial charge in [-0.15, -0.1) is 0 Å². The number of esters is 1. The van der Waals surface area contributed by atoms with Crippen molar-refractivity contribution in [3.8, 4) is 5.69 Å². The van der Waals surface area contributed by atoms with E-state index in [0.29, 0.717) is 16.8 Å². The summed E-state index contributed by atoms with van der Waals surface area (Å²) in [5, 5.41) is 2.88. The molecule has 6 heteroatoms. The lowest BCUT2D eigenvalue weighted by Crippen LogP contribution is -2.13. The Bertz CT molecular complexity index is 1260. The minimum atomic E-state index is -0.450. The molecular formula is C24H21N3O3. The van der Waals surface area contributed by atoms with E-state index in [2.05, 4.69) is 14.9 Å². The zero-order valence-corrected chi connectivity index (χ0v) is 17.0. The van der Waals surface area contributed by atoms with Crippen LogP contribution in [-0.4, -0.2) is 28.5 Å². The van der Waals surface area contributed by atoms with Gasteiger partial charge in [-0.1, -0.05) is 24.3 Å². The van der Waals surface area contributed by atoms with Crippen LogP contribution in [0, 0.1) is 13.8 Å². The average Bonchev–Trinajstić information content (AvgIpc) is 3.10. The van der Waals surface area contributed by atoms with Crippen LogP contribution in [0.1, 0.15) is 32.1 Å². The number of methoxy groups -OCH3 is 1. The first-order chi connectivity index (χ1) is 14.5. The van der Waals surface area contributed by atoms with E-state index in [9.17, 15) is 9.59 Å². The van der Waals surface area contributed by atoms with Crippen molar-refractivity contribution >= 4 is 28.6 Å².